The van der Waals surface area contributed by atoms with Crippen LogP contribution in [0.2, 0.25) is 0 Å². The van der Waals surface area contributed by atoms with Crippen LogP contribution < -0.4 is 4.74 Å². The molecule has 136 valence electrons. The summed E-state index contributed by atoms with van der Waals surface area (Å²) in [5.74, 6) is -1.23. The van der Waals surface area contributed by atoms with E-state index in [-0.39, 0.29) is 29.3 Å². The smallest absolute Gasteiger partial charge is 0.290 e. The molecular formula is C18H23NO6. The molecule has 0 aromatic heterocycles. The number of aliphatic hydroxyl groups is 1. The molecule has 0 radical (unpaired) electrons. The van der Waals surface area contributed by atoms with Gasteiger partial charge in [0.25, 0.3) is 5.91 Å². The molecule has 1 unspecified atom stereocenters. The molecule has 0 fully saturated rings. The van der Waals surface area contributed by atoms with Gasteiger partial charge in [-0.05, 0) is 24.1 Å². The highest BCUT2D eigenvalue weighted by Crippen LogP contribution is 2.40. The lowest BCUT2D eigenvalue weighted by Gasteiger charge is -2.27. The standard InChI is InChI=1S/C18H23NO6/c1-4-12(20)15-16(11-6-7-14(25-3)13(21)10-11)19(8-5-9-24-2)18(23)17(15)22/h6-7,10,16,21-22H,4-5,8-9H2,1-3H3. The van der Waals surface area contributed by atoms with Gasteiger partial charge in [-0.25, -0.2) is 0 Å². The number of phenolic OH excluding ortho intramolecular Hbond substituents is 1. The van der Waals surface area contributed by atoms with Gasteiger partial charge in [-0.2, -0.15) is 0 Å². The molecule has 7 nitrogen and oxygen atoms in total. The van der Waals surface area contributed by atoms with E-state index in [0.29, 0.717) is 25.1 Å². The third-order valence-electron chi connectivity index (χ3n) is 4.19. The lowest BCUT2D eigenvalue weighted by Crippen LogP contribution is -2.32. The maximum absolute atomic E-state index is 12.5. The number of phenols is 1. The number of rotatable bonds is 8. The lowest BCUT2D eigenvalue weighted by atomic mass is 9.94. The maximum atomic E-state index is 12.5. The van der Waals surface area contributed by atoms with Crippen LogP contribution in [0, 0.1) is 0 Å². The first kappa shape index (κ1) is 18.8. The highest BCUT2D eigenvalue weighted by Gasteiger charge is 2.42. The second kappa shape index (κ2) is 8.02. The fourth-order valence-corrected chi connectivity index (χ4v) is 2.96. The van der Waals surface area contributed by atoms with Crippen LogP contribution in [0.4, 0.5) is 0 Å². The first-order valence-electron chi connectivity index (χ1n) is 8.09. The Morgan fingerprint density at radius 1 is 1.28 bits per heavy atom. The summed E-state index contributed by atoms with van der Waals surface area (Å²) >= 11 is 0. The number of hydrogen-bond donors (Lipinski definition) is 2. The predicted octanol–water partition coefficient (Wildman–Crippen LogP) is 2.11. The van der Waals surface area contributed by atoms with E-state index in [1.807, 2.05) is 0 Å². The summed E-state index contributed by atoms with van der Waals surface area (Å²) in [5, 5.41) is 20.3. The number of aliphatic hydroxyl groups excluding tert-OH is 1. The topological polar surface area (TPSA) is 96.3 Å². The first-order valence-corrected chi connectivity index (χ1v) is 8.09. The van der Waals surface area contributed by atoms with E-state index >= 15 is 0 Å². The number of amides is 1. The van der Waals surface area contributed by atoms with Crippen LogP contribution in [0.3, 0.4) is 0 Å². The summed E-state index contributed by atoms with van der Waals surface area (Å²) in [6.07, 6.45) is 0.721. The van der Waals surface area contributed by atoms with Crippen molar-refractivity contribution in [3.05, 3.63) is 35.1 Å². The van der Waals surface area contributed by atoms with Crippen LogP contribution in [0.15, 0.2) is 29.5 Å². The minimum atomic E-state index is -0.742. The first-order chi connectivity index (χ1) is 12.0. The van der Waals surface area contributed by atoms with Gasteiger partial charge in [-0.15, -0.1) is 0 Å². The number of carbonyl (C=O) groups is 2. The largest absolute Gasteiger partial charge is 0.504 e. The molecule has 7 heteroatoms. The highest BCUT2D eigenvalue weighted by atomic mass is 16.5. The summed E-state index contributed by atoms with van der Waals surface area (Å²) in [5.41, 5.74) is 0.597. The summed E-state index contributed by atoms with van der Waals surface area (Å²) in [6.45, 7) is 2.43. The molecule has 0 aliphatic carbocycles. The van der Waals surface area contributed by atoms with Crippen molar-refractivity contribution in [2.45, 2.75) is 25.8 Å². The van der Waals surface area contributed by atoms with Gasteiger partial charge in [-0.3, -0.25) is 9.59 Å². The van der Waals surface area contributed by atoms with Gasteiger partial charge < -0.3 is 24.6 Å². The fraction of sp³-hybridized carbons (Fsp3) is 0.444. The normalized spacial score (nSPS) is 17.3. The van der Waals surface area contributed by atoms with E-state index < -0.39 is 17.7 Å². The molecule has 1 heterocycles. The maximum Gasteiger partial charge on any atom is 0.290 e. The van der Waals surface area contributed by atoms with E-state index in [1.165, 1.54) is 18.1 Å². The van der Waals surface area contributed by atoms with E-state index in [9.17, 15) is 19.8 Å². The molecule has 1 atom stereocenters. The van der Waals surface area contributed by atoms with Gasteiger partial charge in [0.1, 0.15) is 0 Å². The number of hydrogen-bond acceptors (Lipinski definition) is 6. The molecule has 1 aliphatic rings. The Balaban J connectivity index is 2.46. The molecule has 25 heavy (non-hydrogen) atoms. The SMILES string of the molecule is CCC(=O)C1=C(O)C(=O)N(CCCOC)C1c1ccc(OC)c(O)c1. The monoisotopic (exact) mass is 349 g/mol. The summed E-state index contributed by atoms with van der Waals surface area (Å²) < 4.78 is 10.0. The molecule has 1 aromatic carbocycles. The van der Waals surface area contributed by atoms with Crippen LogP contribution in [0.5, 0.6) is 11.5 Å². The van der Waals surface area contributed by atoms with E-state index in [2.05, 4.69) is 0 Å². The van der Waals surface area contributed by atoms with Crippen molar-refractivity contribution in [2.24, 2.45) is 0 Å². The summed E-state index contributed by atoms with van der Waals surface area (Å²) in [6, 6.07) is 3.93. The Bertz CT molecular complexity index is 697. The zero-order valence-corrected chi connectivity index (χ0v) is 14.6. The van der Waals surface area contributed by atoms with E-state index in [0.717, 1.165) is 0 Å². The quantitative estimate of drug-likeness (QED) is 0.698. The molecule has 2 N–H and O–H groups in total. The minimum Gasteiger partial charge on any atom is -0.504 e. The van der Waals surface area contributed by atoms with Crippen LogP contribution in [-0.2, 0) is 14.3 Å². The van der Waals surface area contributed by atoms with Crippen LogP contribution in [-0.4, -0.2) is 54.2 Å². The molecule has 0 bridgehead atoms. The Labute approximate surface area is 146 Å². The number of aromatic hydroxyl groups is 1. The molecule has 2 rings (SSSR count). The third kappa shape index (κ3) is 3.61. The van der Waals surface area contributed by atoms with Crippen molar-refractivity contribution in [2.75, 3.05) is 27.4 Å². The van der Waals surface area contributed by atoms with Gasteiger partial charge in [0.15, 0.2) is 23.0 Å². The summed E-state index contributed by atoms with van der Waals surface area (Å²) in [4.78, 5) is 26.2. The Morgan fingerprint density at radius 2 is 2.00 bits per heavy atom. The van der Waals surface area contributed by atoms with E-state index in [4.69, 9.17) is 9.47 Å². The Hall–Kier alpha value is -2.54. The van der Waals surface area contributed by atoms with Crippen LogP contribution in [0.25, 0.3) is 0 Å². The average molecular weight is 349 g/mol. The number of benzene rings is 1. The van der Waals surface area contributed by atoms with Crippen molar-refractivity contribution in [1.82, 2.24) is 4.90 Å². The molecular weight excluding hydrogens is 326 g/mol. The second-order valence-corrected chi connectivity index (χ2v) is 5.72. The zero-order valence-electron chi connectivity index (χ0n) is 14.6. The second-order valence-electron chi connectivity index (χ2n) is 5.72. The molecule has 0 spiro atoms. The molecule has 1 aliphatic heterocycles. The number of carbonyl (C=O) groups excluding carboxylic acids is 2. The van der Waals surface area contributed by atoms with Crippen molar-refractivity contribution >= 4 is 11.7 Å². The number of Topliss-reactive ketones (excluding diaryl/α,β-unsaturated/α-hetero) is 1. The molecule has 1 amide bonds. The minimum absolute atomic E-state index is 0.0643. The molecule has 0 saturated carbocycles. The van der Waals surface area contributed by atoms with Crippen LogP contribution in [0.1, 0.15) is 31.4 Å². The Kier molecular flexibility index (Phi) is 6.03. The average Bonchev–Trinajstić information content (AvgIpc) is 2.86. The number of ketones is 1. The fourth-order valence-electron chi connectivity index (χ4n) is 2.96. The van der Waals surface area contributed by atoms with Crippen molar-refractivity contribution in [1.29, 1.82) is 0 Å². The van der Waals surface area contributed by atoms with Crippen molar-refractivity contribution in [3.63, 3.8) is 0 Å². The number of nitrogens with zero attached hydrogens (tertiary/aromatic N) is 1. The molecule has 0 saturated heterocycles. The highest BCUT2D eigenvalue weighted by molar-refractivity contribution is 6.08. The van der Waals surface area contributed by atoms with Crippen LogP contribution >= 0.6 is 0 Å². The van der Waals surface area contributed by atoms with Gasteiger partial charge in [0, 0.05) is 26.7 Å². The van der Waals surface area contributed by atoms with Crippen molar-refractivity contribution < 1.29 is 29.3 Å². The number of methoxy groups -OCH3 is 2. The third-order valence-corrected chi connectivity index (χ3v) is 4.19. The van der Waals surface area contributed by atoms with Crippen molar-refractivity contribution in [3.8, 4) is 11.5 Å². The van der Waals surface area contributed by atoms with Gasteiger partial charge >= 0.3 is 0 Å². The molecule has 1 aromatic rings. The van der Waals surface area contributed by atoms with E-state index in [1.54, 1.807) is 26.2 Å². The van der Waals surface area contributed by atoms with Gasteiger partial charge in [0.2, 0.25) is 0 Å². The zero-order chi connectivity index (χ0) is 18.6. The number of ether oxygens (including phenoxy) is 2. The summed E-state index contributed by atoms with van der Waals surface area (Å²) in [7, 11) is 3.00. The lowest BCUT2D eigenvalue weighted by molar-refractivity contribution is -0.129. The Morgan fingerprint density at radius 3 is 2.56 bits per heavy atom. The van der Waals surface area contributed by atoms with Gasteiger partial charge in [0.05, 0.1) is 18.7 Å². The van der Waals surface area contributed by atoms with Gasteiger partial charge in [-0.1, -0.05) is 13.0 Å². The predicted molar refractivity (Wildman–Crippen MR) is 90.6 cm³/mol.